The zero-order valence-electron chi connectivity index (χ0n) is 22.2. The summed E-state index contributed by atoms with van der Waals surface area (Å²) in [6, 6.07) is 17.8. The van der Waals surface area contributed by atoms with E-state index in [-0.39, 0.29) is 26.3 Å². The number of imidazole rings is 1. The number of carbonyl (C=O) groups is 1. The van der Waals surface area contributed by atoms with Crippen molar-refractivity contribution >= 4 is 36.6 Å². The fourth-order valence-corrected chi connectivity index (χ4v) is 6.92. The van der Waals surface area contributed by atoms with Crippen LogP contribution in [0, 0.1) is 17.1 Å². The van der Waals surface area contributed by atoms with Gasteiger partial charge < -0.3 is 9.84 Å². The van der Waals surface area contributed by atoms with Crippen molar-refractivity contribution < 1.29 is 19.0 Å². The Labute approximate surface area is 238 Å². The summed E-state index contributed by atoms with van der Waals surface area (Å²) in [5.74, 6) is -0.0113. The van der Waals surface area contributed by atoms with Crippen LogP contribution in [0.5, 0.6) is 0 Å². The zero-order valence-corrected chi connectivity index (χ0v) is 23.9. The number of hydrogen-bond donors (Lipinski definition) is 1. The number of carboxylic acids is 1. The average molecular weight is 607 g/mol. The van der Waals surface area contributed by atoms with Crippen LogP contribution in [0.4, 0.5) is 4.39 Å². The molecule has 0 aliphatic carbocycles. The molecule has 40 heavy (non-hydrogen) atoms. The molecule has 0 radical (unpaired) electrons. The fraction of sp³-hybridized carbons (Fsp3) is 0.333. The molecule has 10 heteroatoms. The van der Waals surface area contributed by atoms with Crippen molar-refractivity contribution in [2.75, 3.05) is 26.8 Å². The van der Waals surface area contributed by atoms with Gasteiger partial charge in [0.1, 0.15) is 0 Å². The molecule has 3 heterocycles. The molecule has 0 atom stereocenters. The quantitative estimate of drug-likeness (QED) is 0.275. The monoisotopic (exact) mass is 607 g/mol. The molecule has 8 nitrogen and oxygen atoms in total. The molecule has 0 saturated carbocycles. The van der Waals surface area contributed by atoms with Gasteiger partial charge in [-0.3, -0.25) is 0 Å². The second-order valence-corrected chi connectivity index (χ2v) is 11.9. The Morgan fingerprint density at radius 3 is 2.73 bits per heavy atom. The van der Waals surface area contributed by atoms with E-state index in [1.54, 1.807) is 37.4 Å². The number of ether oxygens (including phenoxy) is 1. The molecule has 0 amide bonds. The second-order valence-electron chi connectivity index (χ2n) is 9.84. The number of piperidine rings is 1. The van der Waals surface area contributed by atoms with Gasteiger partial charge in [0.25, 0.3) is 0 Å². The number of methoxy groups -OCH3 is 1. The van der Waals surface area contributed by atoms with E-state index in [4.69, 9.17) is 20.0 Å². The Morgan fingerprint density at radius 2 is 2.00 bits per heavy atom. The van der Waals surface area contributed by atoms with Crippen molar-refractivity contribution in [2.24, 2.45) is 0 Å². The van der Waals surface area contributed by atoms with Crippen LogP contribution in [-0.4, -0.2) is 72.3 Å². The Hall–Kier alpha value is -3.61. The first kappa shape index (κ1) is 27.9. The molecule has 1 fully saturated rings. The minimum atomic E-state index is -0.953. The number of pyridine rings is 1. The number of likely N-dealkylation sites (tertiary alicyclic amines) is 1. The van der Waals surface area contributed by atoms with Gasteiger partial charge >= 0.3 is 206 Å². The van der Waals surface area contributed by atoms with Crippen LogP contribution in [0.2, 0.25) is 0 Å². The van der Waals surface area contributed by atoms with Crippen LogP contribution in [-0.2, 0) is 23.1 Å². The molecule has 1 N–H and O–H groups in total. The molecule has 4 aromatic rings. The number of nitriles is 1. The first-order valence-corrected chi connectivity index (χ1v) is 15.2. The van der Waals surface area contributed by atoms with Crippen LogP contribution >= 0.6 is 0 Å². The van der Waals surface area contributed by atoms with Gasteiger partial charge in [-0.1, -0.05) is 0 Å². The Balaban J connectivity index is 1.22. The van der Waals surface area contributed by atoms with Crippen LogP contribution in [0.1, 0.15) is 51.8 Å². The maximum atomic E-state index is 14.3. The van der Waals surface area contributed by atoms with E-state index in [1.807, 2.05) is 18.2 Å². The van der Waals surface area contributed by atoms with Crippen LogP contribution in [0.3, 0.4) is 0 Å². The first-order valence-electron chi connectivity index (χ1n) is 13.2. The van der Waals surface area contributed by atoms with Gasteiger partial charge in [0, 0.05) is 7.11 Å². The number of carboxylic acid groups (broad SMARTS) is 1. The molecular formula is C30H30FN5O3Se. The van der Waals surface area contributed by atoms with E-state index < -0.39 is 5.97 Å². The third kappa shape index (κ3) is 6.40. The number of halogens is 1. The molecule has 1 aliphatic rings. The standard InChI is InChI=1S/C30H30FN5O3Se/c1-39-14-13-36-27-16-22(30(37)38)7-8-26(27)33-28(36)18-35-11-9-21(10-12-35)25-3-2-4-29(34-25)40-19-23-6-5-20(17-32)15-24(23)31/h2-8,15-16,21H,9-14,18-19H2,1H3,(H,37,38). The summed E-state index contributed by atoms with van der Waals surface area (Å²) >= 11 is -0.00645. The van der Waals surface area contributed by atoms with E-state index in [1.165, 1.54) is 6.07 Å². The number of nitrogens with zero attached hydrogens (tertiary/aromatic N) is 5. The van der Waals surface area contributed by atoms with Crippen molar-refractivity contribution in [1.82, 2.24) is 19.4 Å². The van der Waals surface area contributed by atoms with Crippen molar-refractivity contribution in [1.29, 1.82) is 5.26 Å². The summed E-state index contributed by atoms with van der Waals surface area (Å²) in [4.78, 5) is 23.7. The third-order valence-electron chi connectivity index (χ3n) is 7.27. The van der Waals surface area contributed by atoms with E-state index in [9.17, 15) is 14.3 Å². The number of fused-ring (bicyclic) bond motifs is 1. The van der Waals surface area contributed by atoms with Crippen LogP contribution < -0.4 is 4.59 Å². The molecule has 1 saturated heterocycles. The Morgan fingerprint density at radius 1 is 1.18 bits per heavy atom. The van der Waals surface area contributed by atoms with Gasteiger partial charge in [0.15, 0.2) is 0 Å². The first-order chi connectivity index (χ1) is 19.4. The van der Waals surface area contributed by atoms with Crippen molar-refractivity contribution in [3.05, 3.63) is 88.6 Å². The molecular weight excluding hydrogens is 576 g/mol. The zero-order chi connectivity index (χ0) is 28.1. The maximum absolute atomic E-state index is 14.3. The predicted molar refractivity (Wildman–Crippen MR) is 150 cm³/mol. The summed E-state index contributed by atoms with van der Waals surface area (Å²) in [6.45, 7) is 3.62. The van der Waals surface area contributed by atoms with Crippen molar-refractivity contribution in [3.8, 4) is 6.07 Å². The summed E-state index contributed by atoms with van der Waals surface area (Å²) < 4.78 is 22.7. The normalized spacial score (nSPS) is 14.4. The molecule has 0 bridgehead atoms. The number of aromatic nitrogens is 3. The van der Waals surface area contributed by atoms with Gasteiger partial charge in [-0.25, -0.2) is 4.79 Å². The average Bonchev–Trinajstić information content (AvgIpc) is 3.31. The van der Waals surface area contributed by atoms with Crippen molar-refractivity contribution in [3.63, 3.8) is 0 Å². The molecule has 1 aliphatic heterocycles. The van der Waals surface area contributed by atoms with Gasteiger partial charge in [-0.05, 0) is 6.07 Å². The Kier molecular flexibility index (Phi) is 8.88. The predicted octanol–water partition coefficient (Wildman–Crippen LogP) is 3.70. The van der Waals surface area contributed by atoms with E-state index in [0.29, 0.717) is 42.1 Å². The number of aromatic carboxylic acids is 1. The van der Waals surface area contributed by atoms with Gasteiger partial charge in [0.2, 0.25) is 0 Å². The summed E-state index contributed by atoms with van der Waals surface area (Å²) in [6.07, 6.45) is 1.96. The molecule has 206 valence electrons. The van der Waals surface area contributed by atoms with Crippen LogP contribution in [0.25, 0.3) is 11.0 Å². The molecule has 2 aromatic heterocycles. The molecule has 5 rings (SSSR count). The Bertz CT molecular complexity index is 1560. The fourth-order valence-electron chi connectivity index (χ4n) is 5.07. The van der Waals surface area contributed by atoms with Gasteiger partial charge in [0.05, 0.1) is 5.56 Å². The van der Waals surface area contributed by atoms with Crippen LogP contribution in [0.15, 0.2) is 54.6 Å². The van der Waals surface area contributed by atoms with E-state index in [2.05, 4.69) is 15.5 Å². The number of hydrogen-bond acceptors (Lipinski definition) is 6. The second kappa shape index (κ2) is 12.7. The summed E-state index contributed by atoms with van der Waals surface area (Å²) in [7, 11) is 1.65. The summed E-state index contributed by atoms with van der Waals surface area (Å²) in [5.41, 5.74) is 3.89. The summed E-state index contributed by atoms with van der Waals surface area (Å²) in [5, 5.41) is 19.0. The molecule has 2 aromatic carbocycles. The number of rotatable bonds is 10. The van der Waals surface area contributed by atoms with Gasteiger partial charge in [-0.15, -0.1) is 0 Å². The SMILES string of the molecule is COCCn1c(CN2CCC(c3cccc([Se]Cc4ccc(C#N)cc4F)n3)CC2)nc2ccc(C(=O)O)cc21. The topological polar surface area (TPSA) is 104 Å². The minimum absolute atomic E-state index is 0.00645. The van der Waals surface area contributed by atoms with Gasteiger partial charge in [-0.2, -0.15) is 0 Å². The third-order valence-corrected chi connectivity index (χ3v) is 9.32. The van der Waals surface area contributed by atoms with E-state index >= 15 is 0 Å². The van der Waals surface area contributed by atoms with Crippen molar-refractivity contribution in [2.45, 2.75) is 37.2 Å². The van der Waals surface area contributed by atoms with E-state index in [0.717, 1.165) is 53.1 Å². The molecule has 0 spiro atoms. The number of benzene rings is 2. The molecule has 0 unspecified atom stereocenters.